The van der Waals surface area contributed by atoms with Crippen LogP contribution in [0.1, 0.15) is 53.5 Å². The second-order valence-corrected chi connectivity index (χ2v) is 8.73. The highest BCUT2D eigenvalue weighted by atomic mass is 127. The minimum absolute atomic E-state index is 0. The number of thiophene rings is 1. The van der Waals surface area contributed by atoms with Gasteiger partial charge in [-0.3, -0.25) is 14.7 Å². The van der Waals surface area contributed by atoms with Gasteiger partial charge in [-0.2, -0.15) is 0 Å². The van der Waals surface area contributed by atoms with Gasteiger partial charge in [0.25, 0.3) is 5.91 Å². The van der Waals surface area contributed by atoms with Crippen molar-refractivity contribution in [2.45, 2.75) is 39.3 Å². The van der Waals surface area contributed by atoms with Crippen molar-refractivity contribution in [3.8, 4) is 0 Å². The highest BCUT2D eigenvalue weighted by Gasteiger charge is 2.24. The molecule has 1 aromatic heterocycles. The number of rotatable bonds is 9. The molecule has 32 heavy (non-hydrogen) atoms. The predicted octanol–water partition coefficient (Wildman–Crippen LogP) is 4.35. The third-order valence-corrected chi connectivity index (χ3v) is 6.82. The molecule has 1 amide bonds. The Labute approximate surface area is 213 Å². The number of likely N-dealkylation sites (tertiary alicyclic amines) is 1. The van der Waals surface area contributed by atoms with E-state index in [0.29, 0.717) is 12.6 Å². The van der Waals surface area contributed by atoms with E-state index >= 15 is 0 Å². The Hall–Kier alpha value is -1.65. The molecule has 2 N–H and O–H groups in total. The summed E-state index contributed by atoms with van der Waals surface area (Å²) in [6, 6.07) is 12.6. The number of hydrogen-bond donors (Lipinski definition) is 2. The second kappa shape index (κ2) is 13.8. The van der Waals surface area contributed by atoms with E-state index in [1.165, 1.54) is 17.7 Å². The summed E-state index contributed by atoms with van der Waals surface area (Å²) in [5.74, 6) is 0.882. The fourth-order valence-corrected chi connectivity index (χ4v) is 4.86. The van der Waals surface area contributed by atoms with Crippen molar-refractivity contribution in [2.24, 2.45) is 4.99 Å². The van der Waals surface area contributed by atoms with Crippen molar-refractivity contribution in [1.29, 1.82) is 0 Å². The molecule has 1 aliphatic rings. The van der Waals surface area contributed by atoms with Crippen molar-refractivity contribution in [3.63, 3.8) is 0 Å². The summed E-state index contributed by atoms with van der Waals surface area (Å²) < 4.78 is 0. The van der Waals surface area contributed by atoms with Crippen LogP contribution < -0.4 is 10.6 Å². The lowest BCUT2D eigenvalue weighted by molar-refractivity contribution is 0.0773. The van der Waals surface area contributed by atoms with E-state index in [9.17, 15) is 4.79 Å². The Kier molecular flexibility index (Phi) is 11.5. The number of hydrogen-bond acceptors (Lipinski definition) is 4. The first-order valence-corrected chi connectivity index (χ1v) is 12.1. The van der Waals surface area contributed by atoms with Crippen molar-refractivity contribution in [2.75, 3.05) is 39.8 Å². The largest absolute Gasteiger partial charge is 0.354 e. The zero-order valence-corrected chi connectivity index (χ0v) is 22.5. The van der Waals surface area contributed by atoms with Crippen LogP contribution in [0.2, 0.25) is 0 Å². The number of nitrogens with one attached hydrogen (secondary N) is 2. The highest BCUT2D eigenvalue weighted by Crippen LogP contribution is 2.27. The van der Waals surface area contributed by atoms with Crippen LogP contribution in [0.25, 0.3) is 0 Å². The van der Waals surface area contributed by atoms with Crippen LogP contribution in [0.4, 0.5) is 0 Å². The van der Waals surface area contributed by atoms with E-state index in [4.69, 9.17) is 0 Å². The summed E-state index contributed by atoms with van der Waals surface area (Å²) in [6.45, 7) is 9.28. The number of halogens is 1. The van der Waals surface area contributed by atoms with Gasteiger partial charge in [-0.25, -0.2) is 0 Å². The molecule has 0 bridgehead atoms. The summed E-state index contributed by atoms with van der Waals surface area (Å²) in [4.78, 5) is 22.7. The molecule has 1 aliphatic heterocycles. The first kappa shape index (κ1) is 26.6. The molecule has 1 aromatic carbocycles. The molecule has 6 nitrogen and oxygen atoms in total. The number of aliphatic imine (C=N–C) groups is 1. The van der Waals surface area contributed by atoms with Gasteiger partial charge in [0, 0.05) is 43.7 Å². The van der Waals surface area contributed by atoms with Gasteiger partial charge in [0.15, 0.2) is 5.96 Å². The lowest BCUT2D eigenvalue weighted by Gasteiger charge is -2.27. The Morgan fingerprint density at radius 3 is 2.38 bits per heavy atom. The molecule has 1 atom stereocenters. The van der Waals surface area contributed by atoms with Gasteiger partial charge in [0.05, 0.1) is 6.04 Å². The van der Waals surface area contributed by atoms with Crippen molar-refractivity contribution in [1.82, 2.24) is 20.4 Å². The standard InChI is InChI=1S/C24H35N5OS.HI/c1-4-28(5-2)23(30)20-12-10-19(11-13-20)17-26-24(25-3)27-18-21(22-9-8-16-31-22)29-14-6-7-15-29;/h8-13,16,21H,4-7,14-15,17-18H2,1-3H3,(H2,25,26,27);1H. The zero-order chi connectivity index (χ0) is 22.1. The maximum atomic E-state index is 12.5. The maximum absolute atomic E-state index is 12.5. The zero-order valence-electron chi connectivity index (χ0n) is 19.3. The Morgan fingerprint density at radius 1 is 1.12 bits per heavy atom. The minimum Gasteiger partial charge on any atom is -0.354 e. The number of carbonyl (C=O) groups is 1. The predicted molar refractivity (Wildman–Crippen MR) is 145 cm³/mol. The summed E-state index contributed by atoms with van der Waals surface area (Å²) in [5.41, 5.74) is 1.85. The molecule has 1 saturated heterocycles. The van der Waals surface area contributed by atoms with Crippen molar-refractivity contribution >= 4 is 47.2 Å². The Bertz CT molecular complexity index is 831. The SMILES string of the molecule is CCN(CC)C(=O)c1ccc(CNC(=NC)NCC(c2cccs2)N2CCCC2)cc1.I. The Balaban J connectivity index is 0.00000363. The molecule has 0 aliphatic carbocycles. The summed E-state index contributed by atoms with van der Waals surface area (Å²) >= 11 is 1.82. The number of guanidine groups is 1. The van der Waals surface area contributed by atoms with Gasteiger partial charge in [-0.05, 0) is 68.9 Å². The van der Waals surface area contributed by atoms with E-state index < -0.39 is 0 Å². The molecule has 0 spiro atoms. The molecule has 2 heterocycles. The second-order valence-electron chi connectivity index (χ2n) is 7.76. The topological polar surface area (TPSA) is 60.0 Å². The third kappa shape index (κ3) is 7.18. The molecule has 8 heteroatoms. The first-order valence-electron chi connectivity index (χ1n) is 11.3. The molecule has 3 rings (SSSR count). The molecule has 0 saturated carbocycles. The van der Waals surface area contributed by atoms with Gasteiger partial charge in [0.2, 0.25) is 0 Å². The maximum Gasteiger partial charge on any atom is 0.253 e. The van der Waals surface area contributed by atoms with Crippen LogP contribution in [0.5, 0.6) is 0 Å². The number of amides is 1. The fraction of sp³-hybridized carbons (Fsp3) is 0.500. The van der Waals surface area contributed by atoms with Gasteiger partial charge < -0.3 is 15.5 Å². The third-order valence-electron chi connectivity index (χ3n) is 5.85. The average Bonchev–Trinajstić information content (AvgIpc) is 3.52. The lowest BCUT2D eigenvalue weighted by Crippen LogP contribution is -2.42. The van der Waals surface area contributed by atoms with Crippen LogP contribution in [-0.2, 0) is 6.54 Å². The van der Waals surface area contributed by atoms with Crippen LogP contribution >= 0.6 is 35.3 Å². The van der Waals surface area contributed by atoms with Gasteiger partial charge in [0.1, 0.15) is 0 Å². The van der Waals surface area contributed by atoms with Crippen LogP contribution in [-0.4, -0.2) is 61.4 Å². The Morgan fingerprint density at radius 2 is 1.81 bits per heavy atom. The smallest absolute Gasteiger partial charge is 0.253 e. The summed E-state index contributed by atoms with van der Waals surface area (Å²) in [6.07, 6.45) is 2.56. The van der Waals surface area contributed by atoms with E-state index in [0.717, 1.165) is 49.8 Å². The average molecular weight is 570 g/mol. The van der Waals surface area contributed by atoms with Crippen molar-refractivity contribution in [3.05, 3.63) is 57.8 Å². The van der Waals surface area contributed by atoms with Gasteiger partial charge in [-0.15, -0.1) is 35.3 Å². The quantitative estimate of drug-likeness (QED) is 0.268. The normalized spacial score (nSPS) is 15.2. The first-order chi connectivity index (χ1) is 15.2. The fourth-order valence-electron chi connectivity index (χ4n) is 4.00. The molecule has 176 valence electrons. The summed E-state index contributed by atoms with van der Waals surface area (Å²) in [5, 5.41) is 9.06. The molecular weight excluding hydrogens is 533 g/mol. The van der Waals surface area contributed by atoms with E-state index in [-0.39, 0.29) is 29.9 Å². The molecule has 0 radical (unpaired) electrons. The highest BCUT2D eigenvalue weighted by molar-refractivity contribution is 14.0. The number of carbonyl (C=O) groups excluding carboxylic acids is 1. The van der Waals surface area contributed by atoms with Gasteiger partial charge in [-0.1, -0.05) is 18.2 Å². The van der Waals surface area contributed by atoms with Crippen LogP contribution in [0.15, 0.2) is 46.8 Å². The van der Waals surface area contributed by atoms with E-state index in [1.54, 1.807) is 7.05 Å². The van der Waals surface area contributed by atoms with E-state index in [1.807, 2.05) is 54.3 Å². The summed E-state index contributed by atoms with van der Waals surface area (Å²) in [7, 11) is 1.80. The number of benzene rings is 1. The lowest BCUT2D eigenvalue weighted by atomic mass is 10.1. The van der Waals surface area contributed by atoms with Crippen LogP contribution in [0, 0.1) is 0 Å². The van der Waals surface area contributed by atoms with Gasteiger partial charge >= 0.3 is 0 Å². The molecule has 1 fully saturated rings. The molecule has 1 unspecified atom stereocenters. The molecule has 2 aromatic rings. The van der Waals surface area contributed by atoms with Crippen LogP contribution in [0.3, 0.4) is 0 Å². The van der Waals surface area contributed by atoms with E-state index in [2.05, 4.69) is 38.0 Å². The monoisotopic (exact) mass is 569 g/mol. The number of nitrogens with zero attached hydrogens (tertiary/aromatic N) is 3. The molecular formula is C24H36IN5OS. The van der Waals surface area contributed by atoms with Crippen molar-refractivity contribution < 1.29 is 4.79 Å². The minimum atomic E-state index is 0.